The van der Waals surface area contributed by atoms with Crippen molar-refractivity contribution in [1.82, 2.24) is 0 Å². The third-order valence-corrected chi connectivity index (χ3v) is 4.46. The van der Waals surface area contributed by atoms with Gasteiger partial charge in [-0.3, -0.25) is 0 Å². The van der Waals surface area contributed by atoms with Gasteiger partial charge in [-0.15, -0.1) is 11.8 Å². The number of anilines is 1. The topological polar surface area (TPSA) is 35.2 Å². The molecule has 0 aliphatic carbocycles. The number of nitrogen functional groups attached to an aromatic ring is 1. The number of hydrogen-bond acceptors (Lipinski definition) is 3. The van der Waals surface area contributed by atoms with E-state index in [4.69, 9.17) is 22.1 Å². The van der Waals surface area contributed by atoms with Crippen LogP contribution in [0.1, 0.15) is 13.3 Å². The molecule has 1 aliphatic rings. The van der Waals surface area contributed by atoms with Gasteiger partial charge in [0.1, 0.15) is 5.82 Å². The normalized spacial score (nSPS) is 24.9. The molecule has 1 aliphatic heterocycles. The summed E-state index contributed by atoms with van der Waals surface area (Å²) in [6.07, 6.45) is 1.15. The highest BCUT2D eigenvalue weighted by Crippen LogP contribution is 2.37. The number of halogens is 2. The number of rotatable bonds is 2. The summed E-state index contributed by atoms with van der Waals surface area (Å²) in [7, 11) is 0. The SMILES string of the molecule is CC1OCCC1Sc1cc(F)c(Cl)cc1N. The van der Waals surface area contributed by atoms with E-state index in [0.29, 0.717) is 10.9 Å². The van der Waals surface area contributed by atoms with Gasteiger partial charge >= 0.3 is 0 Å². The molecule has 1 heterocycles. The molecule has 2 nitrogen and oxygen atoms in total. The average Bonchev–Trinajstić information content (AvgIpc) is 2.61. The van der Waals surface area contributed by atoms with Crippen LogP contribution >= 0.6 is 23.4 Å². The van der Waals surface area contributed by atoms with E-state index in [2.05, 4.69) is 0 Å². The van der Waals surface area contributed by atoms with E-state index >= 15 is 0 Å². The van der Waals surface area contributed by atoms with Gasteiger partial charge in [0, 0.05) is 22.4 Å². The fourth-order valence-corrected chi connectivity index (χ4v) is 3.03. The first-order valence-corrected chi connectivity index (χ1v) is 6.36. The molecule has 1 fully saturated rings. The quantitative estimate of drug-likeness (QED) is 0.830. The van der Waals surface area contributed by atoms with Crippen molar-refractivity contribution in [3.63, 3.8) is 0 Å². The summed E-state index contributed by atoms with van der Waals surface area (Å²) < 4.78 is 18.7. The summed E-state index contributed by atoms with van der Waals surface area (Å²) in [5.41, 5.74) is 6.32. The van der Waals surface area contributed by atoms with E-state index < -0.39 is 5.82 Å². The summed E-state index contributed by atoms with van der Waals surface area (Å²) in [5, 5.41) is 0.403. The molecule has 2 unspecified atom stereocenters. The molecule has 16 heavy (non-hydrogen) atoms. The Labute approximate surface area is 103 Å². The molecule has 2 N–H and O–H groups in total. The van der Waals surface area contributed by atoms with Crippen LogP contribution in [0.5, 0.6) is 0 Å². The first kappa shape index (κ1) is 12.0. The number of ether oxygens (including phenoxy) is 1. The third kappa shape index (κ3) is 2.44. The summed E-state index contributed by atoms with van der Waals surface area (Å²) in [4.78, 5) is 0.740. The highest BCUT2D eigenvalue weighted by atomic mass is 35.5. The molecule has 0 aromatic heterocycles. The van der Waals surface area contributed by atoms with Gasteiger partial charge in [0.15, 0.2) is 0 Å². The monoisotopic (exact) mass is 261 g/mol. The van der Waals surface area contributed by atoms with Gasteiger partial charge < -0.3 is 10.5 Å². The second kappa shape index (κ2) is 4.82. The van der Waals surface area contributed by atoms with Crippen LogP contribution < -0.4 is 5.73 Å². The highest BCUT2D eigenvalue weighted by Gasteiger charge is 2.26. The molecule has 0 bridgehead atoms. The number of hydrogen-bond donors (Lipinski definition) is 1. The Morgan fingerprint density at radius 3 is 2.94 bits per heavy atom. The van der Waals surface area contributed by atoms with E-state index in [0.717, 1.165) is 17.9 Å². The Morgan fingerprint density at radius 1 is 1.56 bits per heavy atom. The van der Waals surface area contributed by atoms with Crippen LogP contribution in [0, 0.1) is 5.82 Å². The van der Waals surface area contributed by atoms with Crippen molar-refractivity contribution in [3.8, 4) is 0 Å². The Bertz CT molecular complexity index is 402. The van der Waals surface area contributed by atoms with Crippen LogP contribution in [-0.4, -0.2) is 18.0 Å². The standard InChI is InChI=1S/C11H13ClFNOS/c1-6-10(2-3-15-6)16-11-5-8(13)7(12)4-9(11)14/h4-6,10H,2-3,14H2,1H3. The first-order valence-electron chi connectivity index (χ1n) is 5.10. The van der Waals surface area contributed by atoms with Crippen LogP contribution in [0.25, 0.3) is 0 Å². The van der Waals surface area contributed by atoms with Crippen LogP contribution in [0.15, 0.2) is 17.0 Å². The minimum absolute atomic E-state index is 0.0672. The number of thioether (sulfide) groups is 1. The van der Waals surface area contributed by atoms with Crippen LogP contribution in [-0.2, 0) is 4.74 Å². The molecule has 1 aromatic carbocycles. The van der Waals surface area contributed by atoms with Crippen molar-refractivity contribution < 1.29 is 9.13 Å². The minimum atomic E-state index is -0.426. The van der Waals surface area contributed by atoms with E-state index in [1.165, 1.54) is 12.1 Å². The molecule has 2 atom stereocenters. The van der Waals surface area contributed by atoms with Gasteiger partial charge in [-0.2, -0.15) is 0 Å². The second-order valence-electron chi connectivity index (χ2n) is 3.83. The fraction of sp³-hybridized carbons (Fsp3) is 0.455. The maximum absolute atomic E-state index is 13.3. The van der Waals surface area contributed by atoms with Crippen molar-refractivity contribution in [1.29, 1.82) is 0 Å². The van der Waals surface area contributed by atoms with Gasteiger partial charge in [0.25, 0.3) is 0 Å². The molecule has 0 spiro atoms. The Kier molecular flexibility index (Phi) is 3.62. The minimum Gasteiger partial charge on any atom is -0.398 e. The van der Waals surface area contributed by atoms with Crippen molar-refractivity contribution in [2.75, 3.05) is 12.3 Å². The van der Waals surface area contributed by atoms with Crippen molar-refractivity contribution in [3.05, 3.63) is 23.0 Å². The number of benzene rings is 1. The van der Waals surface area contributed by atoms with Crippen LogP contribution in [0.3, 0.4) is 0 Å². The summed E-state index contributed by atoms with van der Waals surface area (Å²) in [6.45, 7) is 2.78. The molecule has 0 saturated carbocycles. The van der Waals surface area contributed by atoms with Gasteiger partial charge in [0.2, 0.25) is 0 Å². The van der Waals surface area contributed by atoms with Crippen LogP contribution in [0.4, 0.5) is 10.1 Å². The Morgan fingerprint density at radius 2 is 2.31 bits per heavy atom. The number of nitrogens with two attached hydrogens (primary N) is 1. The zero-order valence-corrected chi connectivity index (χ0v) is 10.4. The van der Waals surface area contributed by atoms with Crippen molar-refractivity contribution >= 4 is 29.1 Å². The molecule has 2 rings (SSSR count). The second-order valence-corrected chi connectivity index (χ2v) is 5.51. The molecular weight excluding hydrogens is 249 g/mol. The molecule has 0 amide bonds. The summed E-state index contributed by atoms with van der Waals surface area (Å²) in [5.74, 6) is -0.426. The van der Waals surface area contributed by atoms with E-state index in [9.17, 15) is 4.39 Å². The van der Waals surface area contributed by atoms with Gasteiger partial charge in [-0.1, -0.05) is 11.6 Å². The molecule has 1 saturated heterocycles. The lowest BCUT2D eigenvalue weighted by Gasteiger charge is -2.15. The van der Waals surface area contributed by atoms with E-state index in [1.54, 1.807) is 11.8 Å². The maximum atomic E-state index is 13.3. The van der Waals surface area contributed by atoms with Crippen LogP contribution in [0.2, 0.25) is 5.02 Å². The van der Waals surface area contributed by atoms with Gasteiger partial charge in [-0.05, 0) is 25.5 Å². The van der Waals surface area contributed by atoms with Crippen molar-refractivity contribution in [2.24, 2.45) is 0 Å². The maximum Gasteiger partial charge on any atom is 0.143 e. The average molecular weight is 262 g/mol. The predicted molar refractivity (Wildman–Crippen MR) is 65.5 cm³/mol. The molecule has 0 radical (unpaired) electrons. The zero-order valence-electron chi connectivity index (χ0n) is 8.87. The summed E-state index contributed by atoms with van der Waals surface area (Å²) >= 11 is 7.20. The lowest BCUT2D eigenvalue weighted by atomic mass is 10.3. The Hall–Kier alpha value is -0.450. The largest absolute Gasteiger partial charge is 0.398 e. The van der Waals surface area contributed by atoms with Crippen molar-refractivity contribution in [2.45, 2.75) is 29.6 Å². The predicted octanol–water partition coefficient (Wildman–Crippen LogP) is 3.33. The molecular formula is C11H13ClFNOS. The first-order chi connectivity index (χ1) is 7.58. The lowest BCUT2D eigenvalue weighted by molar-refractivity contribution is 0.127. The molecule has 1 aromatic rings. The van der Waals surface area contributed by atoms with E-state index in [1.807, 2.05) is 6.92 Å². The summed E-state index contributed by atoms with van der Waals surface area (Å²) in [6, 6.07) is 2.85. The lowest BCUT2D eigenvalue weighted by Crippen LogP contribution is -2.13. The molecule has 88 valence electrons. The van der Waals surface area contributed by atoms with E-state index in [-0.39, 0.29) is 11.1 Å². The highest BCUT2D eigenvalue weighted by molar-refractivity contribution is 8.00. The molecule has 5 heteroatoms. The van der Waals surface area contributed by atoms with Gasteiger partial charge in [-0.25, -0.2) is 4.39 Å². The zero-order chi connectivity index (χ0) is 11.7. The van der Waals surface area contributed by atoms with Gasteiger partial charge in [0.05, 0.1) is 11.1 Å². The smallest absolute Gasteiger partial charge is 0.143 e. The Balaban J connectivity index is 2.18. The fourth-order valence-electron chi connectivity index (χ4n) is 1.68. The third-order valence-electron chi connectivity index (χ3n) is 2.64.